The van der Waals surface area contributed by atoms with Crippen LogP contribution in [0.4, 0.5) is 5.13 Å². The molecule has 1 fully saturated rings. The number of hydrogen-bond donors (Lipinski definition) is 2. The van der Waals surface area contributed by atoms with Gasteiger partial charge in [0.1, 0.15) is 0 Å². The third kappa shape index (κ3) is 5.87. The molecular weight excluding hydrogens is 372 g/mol. The van der Waals surface area contributed by atoms with Crippen molar-refractivity contribution in [2.45, 2.75) is 40.2 Å². The molecule has 1 aliphatic rings. The Balaban J connectivity index is 1.47. The number of piperidine rings is 1. The number of carbonyl (C=O) groups is 2. The van der Waals surface area contributed by atoms with Crippen LogP contribution in [-0.2, 0) is 11.3 Å². The maximum Gasteiger partial charge on any atom is 0.251 e. The highest BCUT2D eigenvalue weighted by atomic mass is 32.1. The molecule has 0 bridgehead atoms. The summed E-state index contributed by atoms with van der Waals surface area (Å²) in [6.07, 6.45) is 2.53. The summed E-state index contributed by atoms with van der Waals surface area (Å²) in [6, 6.07) is 5.64. The van der Waals surface area contributed by atoms with Crippen molar-refractivity contribution in [2.75, 3.05) is 25.0 Å². The highest BCUT2D eigenvalue weighted by Crippen LogP contribution is 2.20. The van der Waals surface area contributed by atoms with Gasteiger partial charge in [-0.1, -0.05) is 24.1 Å². The Hall–Kier alpha value is -2.25. The molecule has 1 atom stereocenters. The molecule has 1 aromatic heterocycles. The van der Waals surface area contributed by atoms with Crippen LogP contribution in [0.15, 0.2) is 23.6 Å². The minimum Gasteiger partial charge on any atom is -0.343 e. The van der Waals surface area contributed by atoms with E-state index in [2.05, 4.69) is 27.4 Å². The van der Waals surface area contributed by atoms with E-state index in [0.29, 0.717) is 10.7 Å². The largest absolute Gasteiger partial charge is 0.343 e. The number of hydrogen-bond acceptors (Lipinski definition) is 5. The van der Waals surface area contributed by atoms with Crippen molar-refractivity contribution >= 4 is 28.3 Å². The maximum absolute atomic E-state index is 12.2. The van der Waals surface area contributed by atoms with Crippen LogP contribution in [0.3, 0.4) is 0 Å². The van der Waals surface area contributed by atoms with Crippen LogP contribution in [0.1, 0.15) is 46.9 Å². The highest BCUT2D eigenvalue weighted by molar-refractivity contribution is 7.13. The first-order valence-corrected chi connectivity index (χ1v) is 10.6. The third-order valence-electron chi connectivity index (χ3n) is 4.82. The van der Waals surface area contributed by atoms with Gasteiger partial charge in [0, 0.05) is 24.0 Å². The molecule has 3 rings (SSSR count). The van der Waals surface area contributed by atoms with Crippen LogP contribution in [0, 0.1) is 19.8 Å². The number of likely N-dealkylation sites (tertiary alicyclic amines) is 1. The van der Waals surface area contributed by atoms with Gasteiger partial charge in [-0.15, -0.1) is 11.3 Å². The lowest BCUT2D eigenvalue weighted by Gasteiger charge is -2.30. The summed E-state index contributed by atoms with van der Waals surface area (Å²) in [4.78, 5) is 31.3. The molecule has 7 heteroatoms. The summed E-state index contributed by atoms with van der Waals surface area (Å²) in [6.45, 7) is 9.12. The molecule has 2 aromatic rings. The molecule has 1 saturated heterocycles. The van der Waals surface area contributed by atoms with Gasteiger partial charge in [-0.3, -0.25) is 14.5 Å². The number of rotatable bonds is 6. The van der Waals surface area contributed by atoms with Gasteiger partial charge in [-0.2, -0.15) is 0 Å². The number of carbonyl (C=O) groups excluding carboxylic acids is 2. The first kappa shape index (κ1) is 20.5. The quantitative estimate of drug-likeness (QED) is 0.780. The summed E-state index contributed by atoms with van der Waals surface area (Å²) in [5.74, 6) is 0.207. The molecule has 2 N–H and O–H groups in total. The van der Waals surface area contributed by atoms with Gasteiger partial charge in [0.2, 0.25) is 5.91 Å². The maximum atomic E-state index is 12.2. The number of benzene rings is 1. The van der Waals surface area contributed by atoms with Gasteiger partial charge in [0.05, 0.1) is 12.2 Å². The fourth-order valence-corrected chi connectivity index (χ4v) is 4.35. The Morgan fingerprint density at radius 3 is 2.71 bits per heavy atom. The molecule has 1 unspecified atom stereocenters. The fourth-order valence-electron chi connectivity index (χ4n) is 3.63. The lowest BCUT2D eigenvalue weighted by Crippen LogP contribution is -2.34. The summed E-state index contributed by atoms with van der Waals surface area (Å²) in [7, 11) is 0. The summed E-state index contributed by atoms with van der Waals surface area (Å²) < 4.78 is 0. The van der Waals surface area contributed by atoms with Crippen LogP contribution in [0.5, 0.6) is 0 Å². The van der Waals surface area contributed by atoms with E-state index in [1.54, 1.807) is 0 Å². The fraction of sp³-hybridized carbons (Fsp3) is 0.476. The number of aromatic nitrogens is 1. The molecule has 0 spiro atoms. The van der Waals surface area contributed by atoms with Gasteiger partial charge >= 0.3 is 0 Å². The van der Waals surface area contributed by atoms with E-state index in [0.717, 1.165) is 42.4 Å². The molecule has 1 aliphatic heterocycles. The second kappa shape index (κ2) is 9.30. The van der Waals surface area contributed by atoms with Gasteiger partial charge < -0.3 is 10.6 Å². The predicted molar refractivity (Wildman–Crippen MR) is 113 cm³/mol. The zero-order valence-corrected chi connectivity index (χ0v) is 17.6. The zero-order chi connectivity index (χ0) is 20.1. The first-order valence-electron chi connectivity index (χ1n) is 9.72. The summed E-state index contributed by atoms with van der Waals surface area (Å²) in [5.41, 5.74) is 3.59. The summed E-state index contributed by atoms with van der Waals surface area (Å²) in [5, 5.41) is 8.01. The van der Waals surface area contributed by atoms with E-state index in [-0.39, 0.29) is 18.4 Å². The Morgan fingerprint density at radius 2 is 2.00 bits per heavy atom. The van der Waals surface area contributed by atoms with Crippen LogP contribution >= 0.6 is 11.3 Å². The third-order valence-corrected chi connectivity index (χ3v) is 5.62. The minimum absolute atomic E-state index is 0.0790. The van der Waals surface area contributed by atoms with Crippen molar-refractivity contribution in [3.63, 3.8) is 0 Å². The highest BCUT2D eigenvalue weighted by Gasteiger charge is 2.17. The van der Waals surface area contributed by atoms with Gasteiger partial charge in [-0.25, -0.2) is 4.98 Å². The van der Waals surface area contributed by atoms with E-state index in [1.807, 2.05) is 37.4 Å². The molecule has 1 aromatic carbocycles. The lowest BCUT2D eigenvalue weighted by atomic mass is 10.0. The zero-order valence-electron chi connectivity index (χ0n) is 16.7. The Bertz CT molecular complexity index is 828. The van der Waals surface area contributed by atoms with Gasteiger partial charge in [0.15, 0.2) is 5.13 Å². The van der Waals surface area contributed by atoms with Crippen molar-refractivity contribution in [3.8, 4) is 0 Å². The van der Waals surface area contributed by atoms with Crippen molar-refractivity contribution in [1.82, 2.24) is 15.2 Å². The SMILES string of the molecule is Cc1cc(C)cc(C(=O)NCC(=O)Nc2nc(CN3CCCC(C)C3)cs2)c1. The van der Waals surface area contributed by atoms with E-state index in [9.17, 15) is 9.59 Å². The number of thiazole rings is 1. The number of aryl methyl sites for hydroxylation is 2. The van der Waals surface area contributed by atoms with E-state index >= 15 is 0 Å². The molecule has 0 saturated carbocycles. The van der Waals surface area contributed by atoms with E-state index < -0.39 is 0 Å². The van der Waals surface area contributed by atoms with E-state index in [4.69, 9.17) is 0 Å². The second-order valence-electron chi connectivity index (χ2n) is 7.73. The molecule has 150 valence electrons. The van der Waals surface area contributed by atoms with Crippen molar-refractivity contribution < 1.29 is 9.59 Å². The van der Waals surface area contributed by atoms with Gasteiger partial charge in [-0.05, 0) is 51.3 Å². The lowest BCUT2D eigenvalue weighted by molar-refractivity contribution is -0.115. The number of nitrogens with one attached hydrogen (secondary N) is 2. The molecule has 6 nitrogen and oxygen atoms in total. The number of anilines is 1. The predicted octanol–water partition coefficient (Wildman–Crippen LogP) is 3.36. The number of amides is 2. The molecular formula is C21H28N4O2S. The molecule has 28 heavy (non-hydrogen) atoms. The molecule has 0 aliphatic carbocycles. The van der Waals surface area contributed by atoms with Crippen LogP contribution in [-0.4, -0.2) is 41.3 Å². The minimum atomic E-state index is -0.273. The monoisotopic (exact) mass is 400 g/mol. The Labute approximate surface area is 170 Å². The van der Waals surface area contributed by atoms with Crippen LogP contribution in [0.25, 0.3) is 0 Å². The van der Waals surface area contributed by atoms with Crippen molar-refractivity contribution in [1.29, 1.82) is 0 Å². The normalized spacial score (nSPS) is 17.3. The smallest absolute Gasteiger partial charge is 0.251 e. The summed E-state index contributed by atoms with van der Waals surface area (Å²) >= 11 is 1.42. The van der Waals surface area contributed by atoms with Crippen molar-refractivity contribution in [2.24, 2.45) is 5.92 Å². The van der Waals surface area contributed by atoms with Crippen LogP contribution < -0.4 is 10.6 Å². The average Bonchev–Trinajstić information content (AvgIpc) is 3.05. The van der Waals surface area contributed by atoms with E-state index in [1.165, 1.54) is 24.2 Å². The van der Waals surface area contributed by atoms with Gasteiger partial charge in [0.25, 0.3) is 5.91 Å². The second-order valence-corrected chi connectivity index (χ2v) is 8.59. The Morgan fingerprint density at radius 1 is 1.25 bits per heavy atom. The topological polar surface area (TPSA) is 74.3 Å². The average molecular weight is 401 g/mol. The number of nitrogens with zero attached hydrogens (tertiary/aromatic N) is 2. The molecule has 0 radical (unpaired) electrons. The first-order chi connectivity index (χ1) is 13.4. The standard InChI is InChI=1S/C21H28N4O2S/c1-14-5-4-6-25(11-14)12-18-13-28-21(23-18)24-19(26)10-22-20(27)17-8-15(2)7-16(3)9-17/h7-9,13-14H,4-6,10-12H2,1-3H3,(H,22,27)(H,23,24,26). The Kier molecular flexibility index (Phi) is 6.80. The van der Waals surface area contributed by atoms with Crippen LogP contribution in [0.2, 0.25) is 0 Å². The molecule has 2 amide bonds. The molecule has 2 heterocycles. The van der Waals surface area contributed by atoms with Crippen molar-refractivity contribution in [3.05, 3.63) is 46.0 Å².